The van der Waals surface area contributed by atoms with Crippen LogP contribution in [0.25, 0.3) is 21.7 Å². The number of ether oxygens (including phenoxy) is 1. The number of benzene rings is 4. The fraction of sp³-hybridized carbons (Fsp3) is 0.351. The van der Waals surface area contributed by atoms with Gasteiger partial charge in [0.1, 0.15) is 0 Å². The standard InChI is InChI=1S/C27H35N3O.C10H8O3S/c1-21(2)19-31-20-25(28-13-7-8-14-28)18-29-17-24-15-22-9-3-6-12-27(22)30(24)16-23-10-4-5-11-26(23)29;11-14(12,13)10-6-5-8-3-1-2-4-9(8)7-10/h3-6,9-12,15,21,25H,7-8,13-14,16-20H2,1-2H3;1-7H,(H,11,12,13). The average Bonchev–Trinajstić information content (AvgIpc) is 3.65. The lowest BCUT2D eigenvalue weighted by Gasteiger charge is -2.34. The Hall–Kier alpha value is -3.69. The van der Waals surface area contributed by atoms with Gasteiger partial charge in [0, 0.05) is 36.6 Å². The lowest BCUT2D eigenvalue weighted by Crippen LogP contribution is -2.45. The first-order chi connectivity index (χ1) is 21.8. The molecule has 1 N–H and O–H groups in total. The molecule has 5 aromatic rings. The van der Waals surface area contributed by atoms with Gasteiger partial charge in [-0.2, -0.15) is 8.42 Å². The van der Waals surface area contributed by atoms with Crippen LogP contribution in [0, 0.1) is 5.92 Å². The van der Waals surface area contributed by atoms with Gasteiger partial charge in [-0.05, 0) is 83.9 Å². The van der Waals surface area contributed by atoms with Gasteiger partial charge < -0.3 is 14.2 Å². The van der Waals surface area contributed by atoms with Gasteiger partial charge in [-0.3, -0.25) is 9.45 Å². The molecule has 1 saturated heterocycles. The molecular formula is C37H43N3O4S. The number of nitrogens with zero attached hydrogens (tertiary/aromatic N) is 3. The third-order valence-corrected chi connectivity index (χ3v) is 9.63. The van der Waals surface area contributed by atoms with Crippen molar-refractivity contribution < 1.29 is 17.7 Å². The molecule has 7 rings (SSSR count). The van der Waals surface area contributed by atoms with Crippen LogP contribution >= 0.6 is 0 Å². The maximum Gasteiger partial charge on any atom is 0.294 e. The summed E-state index contributed by atoms with van der Waals surface area (Å²) < 4.78 is 39.2. The Balaban J connectivity index is 0.000000213. The Bertz CT molecular complexity index is 1860. The second kappa shape index (κ2) is 13.7. The van der Waals surface area contributed by atoms with Crippen LogP contribution in [0.1, 0.15) is 37.9 Å². The van der Waals surface area contributed by atoms with Crippen molar-refractivity contribution >= 4 is 37.5 Å². The molecule has 0 spiro atoms. The van der Waals surface area contributed by atoms with E-state index in [2.05, 4.69) is 82.8 Å². The van der Waals surface area contributed by atoms with E-state index in [9.17, 15) is 8.42 Å². The molecule has 0 radical (unpaired) electrons. The van der Waals surface area contributed by atoms with Gasteiger partial charge in [-0.1, -0.05) is 80.6 Å². The number of hydrogen-bond donors (Lipinski definition) is 1. The van der Waals surface area contributed by atoms with Gasteiger partial charge in [0.2, 0.25) is 0 Å². The number of anilines is 1. The molecular weight excluding hydrogens is 582 g/mol. The Morgan fingerprint density at radius 1 is 0.778 bits per heavy atom. The van der Waals surface area contributed by atoms with E-state index in [1.807, 2.05) is 18.2 Å². The molecule has 8 heteroatoms. The van der Waals surface area contributed by atoms with Crippen molar-refractivity contribution in [1.82, 2.24) is 9.47 Å². The minimum Gasteiger partial charge on any atom is -0.379 e. The highest BCUT2D eigenvalue weighted by molar-refractivity contribution is 7.85. The molecule has 1 unspecified atom stereocenters. The molecule has 0 aliphatic carbocycles. The summed E-state index contributed by atoms with van der Waals surface area (Å²) in [5.41, 5.74) is 5.53. The molecule has 7 nitrogen and oxygen atoms in total. The average molecular weight is 626 g/mol. The third kappa shape index (κ3) is 7.42. The summed E-state index contributed by atoms with van der Waals surface area (Å²) in [6.45, 7) is 11.4. The van der Waals surface area contributed by atoms with Crippen LogP contribution in [0.15, 0.2) is 102 Å². The predicted octanol–water partition coefficient (Wildman–Crippen LogP) is 7.23. The second-order valence-electron chi connectivity index (χ2n) is 12.6. The van der Waals surface area contributed by atoms with E-state index in [0.717, 1.165) is 43.6 Å². The highest BCUT2D eigenvalue weighted by Crippen LogP contribution is 2.32. The molecule has 2 aliphatic heterocycles. The molecule has 45 heavy (non-hydrogen) atoms. The zero-order valence-electron chi connectivity index (χ0n) is 26.2. The Labute approximate surface area is 266 Å². The Morgan fingerprint density at radius 3 is 2.22 bits per heavy atom. The van der Waals surface area contributed by atoms with Gasteiger partial charge in [0.15, 0.2) is 0 Å². The predicted molar refractivity (Wildman–Crippen MR) is 183 cm³/mol. The van der Waals surface area contributed by atoms with Gasteiger partial charge in [-0.25, -0.2) is 0 Å². The maximum absolute atomic E-state index is 10.8. The Kier molecular flexibility index (Phi) is 9.56. The van der Waals surface area contributed by atoms with E-state index in [4.69, 9.17) is 9.29 Å². The van der Waals surface area contributed by atoms with Crippen LogP contribution in [0.4, 0.5) is 5.69 Å². The van der Waals surface area contributed by atoms with Gasteiger partial charge in [-0.15, -0.1) is 0 Å². The molecule has 3 heterocycles. The summed E-state index contributed by atoms with van der Waals surface area (Å²) in [7, 11) is -4.09. The summed E-state index contributed by atoms with van der Waals surface area (Å²) in [5, 5.41) is 3.08. The summed E-state index contributed by atoms with van der Waals surface area (Å²) >= 11 is 0. The van der Waals surface area contributed by atoms with E-state index in [0.29, 0.717) is 12.0 Å². The molecule has 4 aromatic carbocycles. The van der Waals surface area contributed by atoms with E-state index in [1.165, 1.54) is 65.9 Å². The largest absolute Gasteiger partial charge is 0.379 e. The molecule has 1 fully saturated rings. The van der Waals surface area contributed by atoms with E-state index < -0.39 is 10.1 Å². The first-order valence-corrected chi connectivity index (χ1v) is 17.4. The molecule has 0 amide bonds. The number of hydrogen-bond acceptors (Lipinski definition) is 5. The highest BCUT2D eigenvalue weighted by Gasteiger charge is 2.28. The van der Waals surface area contributed by atoms with Crippen molar-refractivity contribution in [3.8, 4) is 0 Å². The van der Waals surface area contributed by atoms with Crippen LogP contribution in [-0.2, 0) is 27.9 Å². The summed E-state index contributed by atoms with van der Waals surface area (Å²) in [5.74, 6) is 0.578. The first-order valence-electron chi connectivity index (χ1n) is 15.9. The SMILES string of the molecule is CC(C)COCC(CN1Cc2cc3ccccc3n2Cc2ccccc21)N1CCCC1.O=S(=O)(O)c1ccc2ccccc2c1. The number of para-hydroxylation sites is 2. The van der Waals surface area contributed by atoms with Crippen LogP contribution in [0.3, 0.4) is 0 Å². The van der Waals surface area contributed by atoms with Crippen LogP contribution in [-0.4, -0.2) is 61.3 Å². The van der Waals surface area contributed by atoms with Gasteiger partial charge >= 0.3 is 0 Å². The van der Waals surface area contributed by atoms with Crippen LogP contribution in [0.5, 0.6) is 0 Å². The van der Waals surface area contributed by atoms with Crippen molar-refractivity contribution in [2.45, 2.75) is 50.7 Å². The lowest BCUT2D eigenvalue weighted by atomic mass is 10.1. The third-order valence-electron chi connectivity index (χ3n) is 8.78. The topological polar surface area (TPSA) is 75.0 Å². The molecule has 2 aliphatic rings. The quantitative estimate of drug-likeness (QED) is 0.183. The second-order valence-corrected chi connectivity index (χ2v) is 14.0. The smallest absolute Gasteiger partial charge is 0.294 e. The normalized spacial score (nSPS) is 15.9. The molecule has 0 bridgehead atoms. The van der Waals surface area contributed by atoms with Crippen molar-refractivity contribution in [3.05, 3.63) is 108 Å². The van der Waals surface area contributed by atoms with E-state index in [-0.39, 0.29) is 4.90 Å². The molecule has 236 valence electrons. The summed E-state index contributed by atoms with van der Waals surface area (Å²) in [6, 6.07) is 32.4. The number of rotatable bonds is 8. The zero-order valence-corrected chi connectivity index (χ0v) is 27.0. The Morgan fingerprint density at radius 2 is 1.47 bits per heavy atom. The number of aromatic nitrogens is 1. The molecule has 1 aromatic heterocycles. The minimum absolute atomic E-state index is 0.0730. The fourth-order valence-electron chi connectivity index (χ4n) is 6.55. The van der Waals surface area contributed by atoms with Crippen molar-refractivity contribution in [3.63, 3.8) is 0 Å². The van der Waals surface area contributed by atoms with E-state index in [1.54, 1.807) is 12.1 Å². The van der Waals surface area contributed by atoms with Crippen LogP contribution < -0.4 is 4.90 Å². The lowest BCUT2D eigenvalue weighted by molar-refractivity contribution is 0.0567. The van der Waals surface area contributed by atoms with Gasteiger partial charge in [0.05, 0.1) is 24.1 Å². The highest BCUT2D eigenvalue weighted by atomic mass is 32.2. The molecule has 1 atom stereocenters. The first kappa shape index (κ1) is 31.3. The molecule has 0 saturated carbocycles. The summed E-state index contributed by atoms with van der Waals surface area (Å²) in [4.78, 5) is 5.19. The van der Waals surface area contributed by atoms with Crippen molar-refractivity contribution in [2.75, 3.05) is 37.7 Å². The van der Waals surface area contributed by atoms with E-state index >= 15 is 0 Å². The monoisotopic (exact) mass is 625 g/mol. The maximum atomic E-state index is 10.8. The van der Waals surface area contributed by atoms with Crippen LogP contribution in [0.2, 0.25) is 0 Å². The zero-order chi connectivity index (χ0) is 31.4. The summed E-state index contributed by atoms with van der Waals surface area (Å²) in [6.07, 6.45) is 2.62. The fourth-order valence-corrected chi connectivity index (χ4v) is 7.07. The van der Waals surface area contributed by atoms with Crippen molar-refractivity contribution in [1.29, 1.82) is 0 Å². The number of likely N-dealkylation sites (tertiary alicyclic amines) is 1. The minimum atomic E-state index is -4.09. The number of fused-ring (bicyclic) bond motifs is 5. The van der Waals surface area contributed by atoms with Gasteiger partial charge in [0.25, 0.3) is 10.1 Å². The van der Waals surface area contributed by atoms with Crippen molar-refractivity contribution in [2.24, 2.45) is 5.92 Å².